The Bertz CT molecular complexity index is 133. The zero-order valence-electron chi connectivity index (χ0n) is 9.57. The molecule has 0 saturated carbocycles. The van der Waals surface area contributed by atoms with Gasteiger partial charge in [0.25, 0.3) is 0 Å². The summed E-state index contributed by atoms with van der Waals surface area (Å²) in [5.74, 6) is 1.60. The first-order valence-electron chi connectivity index (χ1n) is 5.08. The predicted molar refractivity (Wildman–Crippen MR) is 57.3 cm³/mol. The molecule has 0 aliphatic carbocycles. The molecule has 72 valence electrons. The molecule has 0 bridgehead atoms. The molecule has 0 aliphatic heterocycles. The zero-order chi connectivity index (χ0) is 9.72. The number of allylic oxidation sites excluding steroid dienone is 2. The van der Waals surface area contributed by atoms with Crippen molar-refractivity contribution in [2.45, 2.75) is 54.4 Å². The Morgan fingerprint density at radius 1 is 0.833 bits per heavy atom. The van der Waals surface area contributed by atoms with E-state index in [1.165, 1.54) is 18.4 Å². The Balaban J connectivity index is 4.17. The zero-order valence-corrected chi connectivity index (χ0v) is 9.57. The van der Waals surface area contributed by atoms with Crippen LogP contribution in [0.2, 0.25) is 0 Å². The van der Waals surface area contributed by atoms with E-state index in [4.69, 9.17) is 0 Å². The summed E-state index contributed by atoms with van der Waals surface area (Å²) < 4.78 is 0. The van der Waals surface area contributed by atoms with Crippen molar-refractivity contribution in [3.05, 3.63) is 11.1 Å². The van der Waals surface area contributed by atoms with Crippen molar-refractivity contribution in [3.8, 4) is 0 Å². The van der Waals surface area contributed by atoms with Crippen LogP contribution in [0.3, 0.4) is 0 Å². The van der Waals surface area contributed by atoms with Crippen molar-refractivity contribution in [3.63, 3.8) is 0 Å². The van der Waals surface area contributed by atoms with E-state index < -0.39 is 0 Å². The van der Waals surface area contributed by atoms with E-state index in [-0.39, 0.29) is 0 Å². The molecule has 0 aromatic carbocycles. The van der Waals surface area contributed by atoms with Gasteiger partial charge in [-0.3, -0.25) is 0 Å². The summed E-state index contributed by atoms with van der Waals surface area (Å²) in [4.78, 5) is 0. The van der Waals surface area contributed by atoms with E-state index in [1.54, 1.807) is 5.57 Å². The second-order valence-corrected chi connectivity index (χ2v) is 4.80. The Hall–Kier alpha value is -0.260. The molecule has 0 unspecified atom stereocenters. The molecule has 0 nitrogen and oxygen atoms in total. The smallest absolute Gasteiger partial charge is 0.0294 e. The molecule has 0 spiro atoms. The third-order valence-corrected chi connectivity index (χ3v) is 2.02. The van der Waals surface area contributed by atoms with E-state index >= 15 is 0 Å². The van der Waals surface area contributed by atoms with Gasteiger partial charge in [-0.05, 0) is 38.5 Å². The second-order valence-electron chi connectivity index (χ2n) is 4.80. The molecule has 12 heavy (non-hydrogen) atoms. The van der Waals surface area contributed by atoms with Gasteiger partial charge in [-0.2, -0.15) is 0 Å². The molecule has 0 heteroatoms. The monoisotopic (exact) mass is 168 g/mol. The van der Waals surface area contributed by atoms with Crippen LogP contribution in [-0.4, -0.2) is 0 Å². The molecule has 0 aromatic heterocycles. The average Bonchev–Trinajstić information content (AvgIpc) is 1.83. The topological polar surface area (TPSA) is 0 Å². The summed E-state index contributed by atoms with van der Waals surface area (Å²) in [5, 5.41) is 0. The molecule has 0 radical (unpaired) electrons. The highest BCUT2D eigenvalue weighted by Gasteiger charge is 2.05. The molecule has 0 rings (SSSR count). The van der Waals surface area contributed by atoms with Crippen LogP contribution >= 0.6 is 0 Å². The highest BCUT2D eigenvalue weighted by molar-refractivity contribution is 5.10. The Morgan fingerprint density at radius 2 is 1.17 bits per heavy atom. The van der Waals surface area contributed by atoms with Crippen LogP contribution in [0, 0.1) is 11.8 Å². The van der Waals surface area contributed by atoms with Crippen molar-refractivity contribution in [2.24, 2.45) is 11.8 Å². The van der Waals surface area contributed by atoms with Crippen molar-refractivity contribution in [1.82, 2.24) is 0 Å². The summed E-state index contributed by atoms with van der Waals surface area (Å²) >= 11 is 0. The lowest BCUT2D eigenvalue weighted by Gasteiger charge is -2.14. The van der Waals surface area contributed by atoms with E-state index in [0.717, 1.165) is 11.8 Å². The van der Waals surface area contributed by atoms with Crippen molar-refractivity contribution in [1.29, 1.82) is 0 Å². The third kappa shape index (κ3) is 5.40. The van der Waals surface area contributed by atoms with E-state index in [2.05, 4.69) is 41.5 Å². The lowest BCUT2D eigenvalue weighted by Crippen LogP contribution is -1.98. The lowest BCUT2D eigenvalue weighted by atomic mass is 9.92. The quantitative estimate of drug-likeness (QED) is 0.545. The fraction of sp³-hybridized carbons (Fsp3) is 0.833. The number of rotatable bonds is 4. The first-order valence-corrected chi connectivity index (χ1v) is 5.08. The maximum Gasteiger partial charge on any atom is -0.0294 e. The van der Waals surface area contributed by atoms with E-state index in [0.29, 0.717) is 0 Å². The molecular weight excluding hydrogens is 144 g/mol. The normalized spacial score (nSPS) is 11.0. The van der Waals surface area contributed by atoms with Gasteiger partial charge in [0.1, 0.15) is 0 Å². The molecule has 0 aliphatic rings. The maximum atomic E-state index is 2.29. The number of hydrogen-bond acceptors (Lipinski definition) is 0. The Morgan fingerprint density at radius 3 is 1.33 bits per heavy atom. The van der Waals surface area contributed by atoms with Crippen LogP contribution in [-0.2, 0) is 0 Å². The first kappa shape index (κ1) is 11.7. The van der Waals surface area contributed by atoms with Crippen molar-refractivity contribution < 1.29 is 0 Å². The Labute approximate surface area is 78.1 Å². The van der Waals surface area contributed by atoms with Gasteiger partial charge in [-0.15, -0.1) is 0 Å². The average molecular weight is 168 g/mol. The molecule has 0 fully saturated rings. The molecule has 0 aromatic rings. The largest absolute Gasteiger partial charge is 0.0772 e. The van der Waals surface area contributed by atoms with Gasteiger partial charge in [0.2, 0.25) is 0 Å². The SMILES string of the molecule is CC(C)=C(CC(C)C)CC(C)C. The molecule has 0 atom stereocenters. The minimum absolute atomic E-state index is 0.800. The summed E-state index contributed by atoms with van der Waals surface area (Å²) in [7, 11) is 0. The molecule has 0 saturated heterocycles. The fourth-order valence-corrected chi connectivity index (χ4v) is 1.48. The molecule has 0 amide bonds. The summed E-state index contributed by atoms with van der Waals surface area (Å²) in [6, 6.07) is 0. The predicted octanol–water partition coefficient (Wildman–Crippen LogP) is 4.42. The fourth-order valence-electron chi connectivity index (χ4n) is 1.48. The minimum atomic E-state index is 0.800. The minimum Gasteiger partial charge on any atom is -0.0772 e. The van der Waals surface area contributed by atoms with Gasteiger partial charge in [0.15, 0.2) is 0 Å². The highest BCUT2D eigenvalue weighted by atomic mass is 14.1. The first-order chi connectivity index (χ1) is 5.43. The van der Waals surface area contributed by atoms with Gasteiger partial charge in [-0.1, -0.05) is 38.8 Å². The molecule has 0 heterocycles. The van der Waals surface area contributed by atoms with Crippen LogP contribution in [0.1, 0.15) is 54.4 Å². The van der Waals surface area contributed by atoms with Crippen LogP contribution in [0.15, 0.2) is 11.1 Å². The van der Waals surface area contributed by atoms with E-state index in [1.807, 2.05) is 0 Å². The van der Waals surface area contributed by atoms with Crippen LogP contribution < -0.4 is 0 Å². The summed E-state index contributed by atoms with van der Waals surface area (Å²) in [6.07, 6.45) is 2.56. The van der Waals surface area contributed by atoms with Gasteiger partial charge in [0, 0.05) is 0 Å². The van der Waals surface area contributed by atoms with Crippen molar-refractivity contribution in [2.75, 3.05) is 0 Å². The third-order valence-electron chi connectivity index (χ3n) is 2.02. The standard InChI is InChI=1S/C12H24/c1-9(2)7-12(11(5)6)8-10(3)4/h9-10H,7-8H2,1-6H3. The Kier molecular flexibility index (Phi) is 5.28. The van der Waals surface area contributed by atoms with Crippen LogP contribution in [0.5, 0.6) is 0 Å². The molecule has 0 N–H and O–H groups in total. The second kappa shape index (κ2) is 5.40. The van der Waals surface area contributed by atoms with Gasteiger partial charge < -0.3 is 0 Å². The van der Waals surface area contributed by atoms with Crippen LogP contribution in [0.25, 0.3) is 0 Å². The van der Waals surface area contributed by atoms with Gasteiger partial charge >= 0.3 is 0 Å². The van der Waals surface area contributed by atoms with Gasteiger partial charge in [0.05, 0.1) is 0 Å². The van der Waals surface area contributed by atoms with Crippen LogP contribution in [0.4, 0.5) is 0 Å². The van der Waals surface area contributed by atoms with Crippen molar-refractivity contribution >= 4 is 0 Å². The number of hydrogen-bond donors (Lipinski definition) is 0. The van der Waals surface area contributed by atoms with E-state index in [9.17, 15) is 0 Å². The molecular formula is C12H24. The van der Waals surface area contributed by atoms with Gasteiger partial charge in [-0.25, -0.2) is 0 Å². The highest BCUT2D eigenvalue weighted by Crippen LogP contribution is 2.21. The summed E-state index contributed by atoms with van der Waals surface area (Å²) in [6.45, 7) is 13.7. The lowest BCUT2D eigenvalue weighted by molar-refractivity contribution is 0.566. The summed E-state index contributed by atoms with van der Waals surface area (Å²) in [5.41, 5.74) is 3.19. The maximum absolute atomic E-state index is 2.29.